The van der Waals surface area contributed by atoms with Crippen molar-refractivity contribution in [1.82, 2.24) is 19.8 Å². The van der Waals surface area contributed by atoms with Gasteiger partial charge in [-0.1, -0.05) is 331 Å². The van der Waals surface area contributed by atoms with Crippen LogP contribution in [-0.4, -0.2) is 135 Å². The summed E-state index contributed by atoms with van der Waals surface area (Å²) in [7, 11) is 8.30. The van der Waals surface area contributed by atoms with Gasteiger partial charge >= 0.3 is 12.3 Å². The number of carbonyl (C=O) groups is 2. The molecule has 0 radical (unpaired) electrons. The number of rotatable bonds is 83. The van der Waals surface area contributed by atoms with Crippen LogP contribution in [0.3, 0.4) is 0 Å². The summed E-state index contributed by atoms with van der Waals surface area (Å²) in [6.07, 6.45) is 108. The number of hydroxylamine groups is 2. The van der Waals surface area contributed by atoms with E-state index in [4.69, 9.17) is 24.2 Å². The van der Waals surface area contributed by atoms with Crippen LogP contribution in [0.4, 0.5) is 15.3 Å². The number of nitrogens with zero attached hydrogens (tertiary/aromatic N) is 5. The Morgan fingerprint density at radius 3 is 0.907 bits per heavy atom. The monoisotopic (exact) mass is 1650 g/mol. The van der Waals surface area contributed by atoms with E-state index in [1.165, 1.54) is 294 Å². The Balaban J connectivity index is 0. The average Bonchev–Trinajstić information content (AvgIpc) is 0.910. The third-order valence-electron chi connectivity index (χ3n) is 21.6. The maximum atomic E-state index is 13.0. The topological polar surface area (TPSA) is 147 Å². The highest BCUT2D eigenvalue weighted by molar-refractivity contribution is 5.64. The number of ether oxygens (including phenoxy) is 3. The van der Waals surface area contributed by atoms with Gasteiger partial charge in [0.1, 0.15) is 18.0 Å². The fourth-order valence-electron chi connectivity index (χ4n) is 13.9. The quantitative estimate of drug-likeness (QED) is 0.0165. The summed E-state index contributed by atoms with van der Waals surface area (Å²) < 4.78 is 17.1. The molecule has 0 aliphatic heterocycles. The molecule has 0 unspecified atom stereocenters. The van der Waals surface area contributed by atoms with Gasteiger partial charge in [-0.05, 0) is 239 Å². The van der Waals surface area contributed by atoms with Crippen LogP contribution in [0.5, 0.6) is 5.75 Å². The second-order valence-electron chi connectivity index (χ2n) is 33.6. The molecular formula is C104H189N5O9. The molecule has 1 rings (SSSR count). The molecule has 0 heterocycles. The van der Waals surface area contributed by atoms with E-state index < -0.39 is 17.2 Å². The van der Waals surface area contributed by atoms with Crippen molar-refractivity contribution in [3.05, 3.63) is 132 Å². The first-order chi connectivity index (χ1) is 57.8. The average molecular weight is 1650 g/mol. The number of hydrogen-bond acceptors (Lipinski definition) is 13. The smallest absolute Gasteiger partial charge is 0.431 e. The van der Waals surface area contributed by atoms with E-state index in [0.29, 0.717) is 6.54 Å². The van der Waals surface area contributed by atoms with Gasteiger partial charge in [0.25, 0.3) is 5.69 Å². The number of nitro groups is 1. The molecule has 14 nitrogen and oxygen atoms in total. The van der Waals surface area contributed by atoms with Gasteiger partial charge in [0.2, 0.25) is 0 Å². The molecule has 0 atom stereocenters. The molecule has 0 aliphatic rings. The van der Waals surface area contributed by atoms with Crippen LogP contribution in [0, 0.1) is 10.1 Å². The number of allylic oxidation sites excluding steroid dienone is 16. The summed E-state index contributed by atoms with van der Waals surface area (Å²) in [5, 5.41) is 21.7. The van der Waals surface area contributed by atoms with Crippen LogP contribution in [0.15, 0.2) is 121 Å². The number of unbranched alkanes of at least 4 members (excludes halogenated alkanes) is 42. The fourth-order valence-corrected chi connectivity index (χ4v) is 13.9. The molecule has 0 aliphatic carbocycles. The van der Waals surface area contributed by atoms with Crippen molar-refractivity contribution < 1.29 is 38.7 Å². The maximum Gasteiger partial charge on any atom is 0.528 e. The minimum atomic E-state index is -0.732. The molecule has 0 amide bonds. The molecule has 0 bridgehead atoms. The molecule has 1 N–H and O–H groups in total. The van der Waals surface area contributed by atoms with E-state index in [2.05, 4.69) is 182 Å². The summed E-state index contributed by atoms with van der Waals surface area (Å²) in [6, 6.07) is 5.52. The number of nitro benzene ring substituents is 1. The number of aliphatic hydroxyl groups excluding tert-OH is 1. The highest BCUT2D eigenvalue weighted by atomic mass is 16.8. The Labute approximate surface area is 729 Å². The first-order valence-electron chi connectivity index (χ1n) is 49.4. The first kappa shape index (κ1) is 115. The van der Waals surface area contributed by atoms with E-state index in [1.54, 1.807) is 0 Å². The van der Waals surface area contributed by atoms with Crippen molar-refractivity contribution >= 4 is 18.0 Å². The maximum absolute atomic E-state index is 13.0. The molecule has 0 saturated carbocycles. The molecule has 0 fully saturated rings. The van der Waals surface area contributed by atoms with Gasteiger partial charge in [-0.25, -0.2) is 9.59 Å². The summed E-state index contributed by atoms with van der Waals surface area (Å²) in [6.45, 7) is 20.2. The zero-order chi connectivity index (χ0) is 86.4. The van der Waals surface area contributed by atoms with E-state index in [1.807, 2.05) is 5.06 Å². The van der Waals surface area contributed by atoms with Crippen LogP contribution >= 0.6 is 0 Å². The number of aliphatic hydroxyl groups is 1. The SMILES string of the molecule is CCCCC/C=C\C/C=C\CCCCCCCCC(CCCCCCCC/C=C\C/C=C\CCCCC)OC(=O)ON(CCCCCC)CCN(C)C.CCCCC/C=C\C/C=C\CCCCCCCCC(CCCCCCCC/C=C\C/C=C\CCCCC)OC(=O)Oc1ccc([N+](=O)[O-])cc1.CCCCCCN(CCO)CCN(C)C. The molecule has 684 valence electrons. The first-order valence-corrected chi connectivity index (χ1v) is 49.4. The van der Waals surface area contributed by atoms with E-state index in [-0.39, 0.29) is 30.3 Å². The van der Waals surface area contributed by atoms with Gasteiger partial charge in [-0.2, -0.15) is 0 Å². The normalized spacial score (nSPS) is 12.1. The minimum absolute atomic E-state index is 0.0432. The van der Waals surface area contributed by atoms with E-state index in [0.717, 1.165) is 155 Å². The van der Waals surface area contributed by atoms with Gasteiger partial charge in [-0.15, -0.1) is 5.06 Å². The Morgan fingerprint density at radius 2 is 0.602 bits per heavy atom. The van der Waals surface area contributed by atoms with Crippen LogP contribution < -0.4 is 4.74 Å². The van der Waals surface area contributed by atoms with E-state index in [9.17, 15) is 19.7 Å². The lowest BCUT2D eigenvalue weighted by atomic mass is 10.0. The molecule has 1 aromatic carbocycles. The second kappa shape index (κ2) is 95.7. The second-order valence-corrected chi connectivity index (χ2v) is 33.6. The van der Waals surface area contributed by atoms with Crippen molar-refractivity contribution in [1.29, 1.82) is 0 Å². The summed E-state index contributed by atoms with van der Waals surface area (Å²) in [4.78, 5) is 48.5. The van der Waals surface area contributed by atoms with Crippen molar-refractivity contribution in [2.45, 2.75) is 439 Å². The number of likely N-dealkylation sites (N-methyl/N-ethyl adjacent to an activating group) is 2. The Kier molecular flexibility index (Phi) is 93.2. The lowest BCUT2D eigenvalue weighted by Crippen LogP contribution is -2.35. The van der Waals surface area contributed by atoms with Crippen molar-refractivity contribution in [2.24, 2.45) is 0 Å². The van der Waals surface area contributed by atoms with Crippen molar-refractivity contribution in [3.63, 3.8) is 0 Å². The fraction of sp³-hybridized carbons (Fsp3) is 0.769. The summed E-state index contributed by atoms with van der Waals surface area (Å²) >= 11 is 0. The predicted octanol–water partition coefficient (Wildman–Crippen LogP) is 31.6. The molecule has 0 spiro atoms. The third-order valence-corrected chi connectivity index (χ3v) is 21.6. The lowest BCUT2D eigenvalue weighted by molar-refractivity contribution is -0.384. The Hall–Kier alpha value is -5.12. The van der Waals surface area contributed by atoms with Crippen molar-refractivity contribution in [3.8, 4) is 5.75 Å². The van der Waals surface area contributed by atoms with Gasteiger partial charge in [0.05, 0.1) is 11.5 Å². The van der Waals surface area contributed by atoms with E-state index >= 15 is 0 Å². The Morgan fingerprint density at radius 1 is 0.331 bits per heavy atom. The molecule has 1 aromatic rings. The number of benzene rings is 1. The summed E-state index contributed by atoms with van der Waals surface area (Å²) in [5.74, 6) is 0.252. The van der Waals surface area contributed by atoms with Crippen LogP contribution in [-0.2, 0) is 14.3 Å². The molecule has 0 saturated heterocycles. The summed E-state index contributed by atoms with van der Waals surface area (Å²) in [5.41, 5.74) is -0.0432. The van der Waals surface area contributed by atoms with Gasteiger partial charge in [-0.3, -0.25) is 15.0 Å². The number of non-ortho nitro benzene ring substituents is 1. The molecule has 14 heteroatoms. The van der Waals surface area contributed by atoms with Gasteiger partial charge in [0, 0.05) is 51.4 Å². The lowest BCUT2D eigenvalue weighted by Gasteiger charge is -2.24. The van der Waals surface area contributed by atoms with Crippen LogP contribution in [0.1, 0.15) is 427 Å². The predicted molar refractivity (Wildman–Crippen MR) is 512 cm³/mol. The van der Waals surface area contributed by atoms with Gasteiger partial charge < -0.3 is 34.0 Å². The minimum Gasteiger partial charge on any atom is -0.431 e. The third kappa shape index (κ3) is 90.1. The largest absolute Gasteiger partial charge is 0.528 e. The number of hydrogen-bond donors (Lipinski definition) is 1. The zero-order valence-corrected chi connectivity index (χ0v) is 78.7. The Bertz CT molecular complexity index is 2410. The number of carbonyl (C=O) groups excluding carboxylic acids is 2. The molecular weight excluding hydrogens is 1460 g/mol. The van der Waals surface area contributed by atoms with Crippen LogP contribution in [0.25, 0.3) is 0 Å². The molecule has 118 heavy (non-hydrogen) atoms. The molecule has 0 aromatic heterocycles. The standard InChI is InChI=1S/C48H90N2O3.C44H71NO5.C12H28N2O/c1-6-9-12-15-17-19-21-23-25-27-29-31-33-35-37-39-42-47(52-48(51)53-50(46-45-49(4)5)44-41-14-11-8-3)43-40-38-36-34-32-30-28-26-24-22-20-18-16-13-10-7-2;1-3-5-7-9-11-13-15-17-19-21-23-25-27-29-31-33-35-42(49-44(46)50-43-39-37-41(38-40-43)45(47)48)36-34-32-30-28-26-24-22-20-18-16-14-12-10-8-6-4-2;1-4-5-6-7-8-14(11-12-15)10-9-13(2)3/h17-20,23-26,47H,6-16,21-22,27-46H2,1-5H3;11-14,17-20,37-40,42H,3-10,15-16,21-36H2,1-2H3;15H,4-12H2,1-3H3/b19-17-,20-18-,25-23-,26-24-;13-11-,14-12-,19-17-,20-18-;. The highest BCUT2D eigenvalue weighted by Gasteiger charge is 2.21. The van der Waals surface area contributed by atoms with Crippen molar-refractivity contribution in [2.75, 3.05) is 80.6 Å². The highest BCUT2D eigenvalue weighted by Crippen LogP contribution is 2.24. The zero-order valence-electron chi connectivity index (χ0n) is 78.7. The van der Waals surface area contributed by atoms with Crippen LogP contribution in [0.2, 0.25) is 0 Å². The van der Waals surface area contributed by atoms with Gasteiger partial charge in [0.15, 0.2) is 0 Å².